The largest absolute Gasteiger partial charge is 0.450 e. The number of nitrogens with zero attached hydrogens (tertiary/aromatic N) is 3. The van der Waals surface area contributed by atoms with Gasteiger partial charge >= 0.3 is 6.09 Å². The molecule has 0 saturated heterocycles. The number of rotatable bonds is 1. The van der Waals surface area contributed by atoms with E-state index in [-0.39, 0.29) is 6.09 Å². The molecule has 0 saturated carbocycles. The van der Waals surface area contributed by atoms with Gasteiger partial charge in [0, 0.05) is 25.1 Å². The first-order valence-electron chi connectivity index (χ1n) is 5.62. The quantitative estimate of drug-likeness (QED) is 0.717. The van der Waals surface area contributed by atoms with Crippen LogP contribution >= 0.6 is 11.6 Å². The molecule has 0 aliphatic carbocycles. The van der Waals surface area contributed by atoms with Crippen LogP contribution in [0.2, 0.25) is 5.15 Å². The molecule has 5 nitrogen and oxygen atoms in total. The Labute approximate surface area is 105 Å². The van der Waals surface area contributed by atoms with Gasteiger partial charge in [-0.05, 0) is 13.3 Å². The molecule has 1 aliphatic heterocycles. The molecule has 0 N–H and O–H groups in total. The molecule has 1 amide bonds. The monoisotopic (exact) mass is 255 g/mol. The smallest absolute Gasteiger partial charge is 0.409 e. The molecule has 0 radical (unpaired) electrons. The van der Waals surface area contributed by atoms with E-state index in [0.717, 1.165) is 11.3 Å². The van der Waals surface area contributed by atoms with Crippen LogP contribution in [0.4, 0.5) is 4.79 Å². The Bertz CT molecular complexity index is 425. The van der Waals surface area contributed by atoms with Gasteiger partial charge in [-0.3, -0.25) is 0 Å². The van der Waals surface area contributed by atoms with Gasteiger partial charge < -0.3 is 9.64 Å². The molecule has 1 aromatic rings. The van der Waals surface area contributed by atoms with Crippen molar-refractivity contribution in [1.29, 1.82) is 0 Å². The van der Waals surface area contributed by atoms with Crippen molar-refractivity contribution in [3.8, 4) is 0 Å². The second kappa shape index (κ2) is 5.31. The predicted octanol–water partition coefficient (Wildman–Crippen LogP) is 1.69. The fraction of sp³-hybridized carbons (Fsp3) is 0.545. The van der Waals surface area contributed by atoms with E-state index in [1.54, 1.807) is 11.8 Å². The maximum absolute atomic E-state index is 11.6. The Morgan fingerprint density at radius 2 is 2.24 bits per heavy atom. The highest BCUT2D eigenvalue weighted by Gasteiger charge is 2.21. The van der Waals surface area contributed by atoms with E-state index in [1.165, 1.54) is 6.33 Å². The van der Waals surface area contributed by atoms with Crippen LogP contribution in [0, 0.1) is 0 Å². The normalized spacial score (nSPS) is 15.1. The lowest BCUT2D eigenvalue weighted by Crippen LogP contribution is -2.33. The van der Waals surface area contributed by atoms with Crippen molar-refractivity contribution in [1.82, 2.24) is 14.9 Å². The van der Waals surface area contributed by atoms with Gasteiger partial charge in [0.2, 0.25) is 0 Å². The molecule has 92 valence electrons. The van der Waals surface area contributed by atoms with Gasteiger partial charge in [-0.2, -0.15) is 0 Å². The Morgan fingerprint density at radius 1 is 1.47 bits per heavy atom. The van der Waals surface area contributed by atoms with E-state index in [2.05, 4.69) is 9.97 Å². The van der Waals surface area contributed by atoms with E-state index in [9.17, 15) is 4.79 Å². The number of amides is 1. The highest BCUT2D eigenvalue weighted by molar-refractivity contribution is 6.30. The van der Waals surface area contributed by atoms with Gasteiger partial charge in [0.15, 0.2) is 0 Å². The van der Waals surface area contributed by atoms with E-state index < -0.39 is 0 Å². The van der Waals surface area contributed by atoms with Crippen molar-refractivity contribution in [2.75, 3.05) is 19.7 Å². The summed E-state index contributed by atoms with van der Waals surface area (Å²) in [7, 11) is 0. The van der Waals surface area contributed by atoms with Crippen molar-refractivity contribution >= 4 is 17.7 Å². The van der Waals surface area contributed by atoms with Crippen molar-refractivity contribution in [3.05, 3.63) is 22.7 Å². The number of hydrogen-bond donors (Lipinski definition) is 0. The van der Waals surface area contributed by atoms with E-state index in [0.29, 0.717) is 37.7 Å². The zero-order valence-electron chi connectivity index (χ0n) is 9.65. The fourth-order valence-corrected chi connectivity index (χ4v) is 2.13. The number of hydrogen-bond acceptors (Lipinski definition) is 4. The molecular formula is C11H14ClN3O2. The molecule has 0 spiro atoms. The summed E-state index contributed by atoms with van der Waals surface area (Å²) in [6, 6.07) is 0. The summed E-state index contributed by atoms with van der Waals surface area (Å²) in [5.41, 5.74) is 1.87. The van der Waals surface area contributed by atoms with Gasteiger partial charge in [-0.1, -0.05) is 11.6 Å². The molecule has 0 bridgehead atoms. The van der Waals surface area contributed by atoms with Crippen molar-refractivity contribution < 1.29 is 9.53 Å². The van der Waals surface area contributed by atoms with Crippen molar-refractivity contribution in [2.45, 2.75) is 19.8 Å². The lowest BCUT2D eigenvalue weighted by molar-refractivity contribution is 0.109. The minimum atomic E-state index is -0.274. The summed E-state index contributed by atoms with van der Waals surface area (Å²) in [5.74, 6) is 0. The number of aromatic nitrogens is 2. The van der Waals surface area contributed by atoms with Gasteiger partial charge in [0.05, 0.1) is 12.3 Å². The SMILES string of the molecule is CCOC(=O)N1CCc2ncnc(Cl)c2CC1. The minimum Gasteiger partial charge on any atom is -0.450 e. The van der Waals surface area contributed by atoms with Crippen molar-refractivity contribution in [2.24, 2.45) is 0 Å². The molecule has 0 atom stereocenters. The van der Waals surface area contributed by atoms with Gasteiger partial charge in [-0.25, -0.2) is 14.8 Å². The molecule has 2 heterocycles. The van der Waals surface area contributed by atoms with Crippen LogP contribution in [0.25, 0.3) is 0 Å². The average Bonchev–Trinajstić information content (AvgIpc) is 2.53. The average molecular weight is 256 g/mol. The topological polar surface area (TPSA) is 55.3 Å². The summed E-state index contributed by atoms with van der Waals surface area (Å²) in [4.78, 5) is 21.5. The van der Waals surface area contributed by atoms with Crippen LogP contribution in [0.15, 0.2) is 6.33 Å². The second-order valence-corrected chi connectivity index (χ2v) is 4.13. The number of halogens is 1. The van der Waals surface area contributed by atoms with Crippen LogP contribution < -0.4 is 0 Å². The lowest BCUT2D eigenvalue weighted by atomic mass is 10.1. The van der Waals surface area contributed by atoms with Gasteiger partial charge in [0.25, 0.3) is 0 Å². The zero-order valence-corrected chi connectivity index (χ0v) is 10.4. The zero-order chi connectivity index (χ0) is 12.3. The van der Waals surface area contributed by atoms with Gasteiger partial charge in [-0.15, -0.1) is 0 Å². The van der Waals surface area contributed by atoms with Gasteiger partial charge in [0.1, 0.15) is 11.5 Å². The highest BCUT2D eigenvalue weighted by Crippen LogP contribution is 2.20. The first-order valence-corrected chi connectivity index (χ1v) is 6.00. The molecule has 1 aliphatic rings. The number of fused-ring (bicyclic) bond motifs is 1. The third-order valence-corrected chi connectivity index (χ3v) is 3.08. The first-order chi connectivity index (χ1) is 8.22. The van der Waals surface area contributed by atoms with Crippen LogP contribution in [0.3, 0.4) is 0 Å². The Kier molecular flexibility index (Phi) is 3.78. The first kappa shape index (κ1) is 12.1. The van der Waals surface area contributed by atoms with Crippen molar-refractivity contribution in [3.63, 3.8) is 0 Å². The third-order valence-electron chi connectivity index (χ3n) is 2.76. The Balaban J connectivity index is 2.11. The van der Waals surface area contributed by atoms with E-state index in [4.69, 9.17) is 16.3 Å². The molecule has 0 unspecified atom stereocenters. The summed E-state index contributed by atoms with van der Waals surface area (Å²) in [5, 5.41) is 0.487. The summed E-state index contributed by atoms with van der Waals surface area (Å²) in [6.07, 6.45) is 2.55. The molecule has 2 rings (SSSR count). The molecular weight excluding hydrogens is 242 g/mol. The number of ether oxygens (including phenoxy) is 1. The highest BCUT2D eigenvalue weighted by atomic mass is 35.5. The van der Waals surface area contributed by atoms with Crippen LogP contribution in [0.5, 0.6) is 0 Å². The lowest BCUT2D eigenvalue weighted by Gasteiger charge is -2.18. The second-order valence-electron chi connectivity index (χ2n) is 3.78. The molecule has 6 heteroatoms. The predicted molar refractivity (Wildman–Crippen MR) is 63.0 cm³/mol. The standard InChI is InChI=1S/C11H14ClN3O2/c1-2-17-11(16)15-5-3-8-9(4-6-15)13-7-14-10(8)12/h7H,2-6H2,1H3. The Hall–Kier alpha value is -1.36. The van der Waals surface area contributed by atoms with Crippen LogP contribution in [-0.4, -0.2) is 40.7 Å². The Morgan fingerprint density at radius 3 is 3.00 bits per heavy atom. The molecule has 17 heavy (non-hydrogen) atoms. The summed E-state index contributed by atoms with van der Waals surface area (Å²) >= 11 is 6.02. The van der Waals surface area contributed by atoms with E-state index >= 15 is 0 Å². The number of carbonyl (C=O) groups is 1. The van der Waals surface area contributed by atoms with Crippen LogP contribution in [-0.2, 0) is 17.6 Å². The third kappa shape index (κ3) is 2.66. The minimum absolute atomic E-state index is 0.274. The molecule has 1 aromatic heterocycles. The fourth-order valence-electron chi connectivity index (χ4n) is 1.88. The maximum Gasteiger partial charge on any atom is 0.409 e. The number of carbonyl (C=O) groups excluding carboxylic acids is 1. The summed E-state index contributed by atoms with van der Waals surface area (Å²) in [6.45, 7) is 3.40. The van der Waals surface area contributed by atoms with Crippen LogP contribution in [0.1, 0.15) is 18.2 Å². The molecule has 0 fully saturated rings. The van der Waals surface area contributed by atoms with E-state index in [1.807, 2.05) is 0 Å². The molecule has 0 aromatic carbocycles. The maximum atomic E-state index is 11.6. The summed E-state index contributed by atoms with van der Waals surface area (Å²) < 4.78 is 4.98.